The summed E-state index contributed by atoms with van der Waals surface area (Å²) in [6.07, 6.45) is 3.73. The van der Waals surface area contributed by atoms with E-state index in [1.807, 2.05) is 6.92 Å². The third-order valence-corrected chi connectivity index (χ3v) is 2.65. The van der Waals surface area contributed by atoms with Crippen molar-refractivity contribution in [3.63, 3.8) is 0 Å². The molecule has 0 saturated heterocycles. The van der Waals surface area contributed by atoms with E-state index in [2.05, 4.69) is 24.3 Å². The van der Waals surface area contributed by atoms with Gasteiger partial charge < -0.3 is 4.74 Å². The largest absolute Gasteiger partial charge is 0.381 e. The van der Waals surface area contributed by atoms with Gasteiger partial charge in [0.1, 0.15) is 0 Å². The van der Waals surface area contributed by atoms with Crippen LogP contribution >= 0.6 is 0 Å². The lowest BCUT2D eigenvalue weighted by Gasteiger charge is -2.03. The smallest absolute Gasteiger partial charge is 0.0506 e. The van der Waals surface area contributed by atoms with Crippen LogP contribution in [-0.2, 0) is 11.2 Å². The maximum absolute atomic E-state index is 5.33. The Kier molecular flexibility index (Phi) is 3.20. The monoisotopic (exact) mass is 189 g/mol. The highest BCUT2D eigenvalue weighted by Gasteiger charge is 2.23. The standard InChI is InChI=1S/C13H17O/c1-2-14-9-8-11-4-3-5-13(10-11)12-6-7-12/h3,5,10,12H,2,6-9H2,1H3. The van der Waals surface area contributed by atoms with Crippen molar-refractivity contribution in [3.05, 3.63) is 35.4 Å². The second-order valence-corrected chi connectivity index (χ2v) is 3.87. The predicted octanol–water partition coefficient (Wildman–Crippen LogP) is 2.94. The summed E-state index contributed by atoms with van der Waals surface area (Å²) in [5, 5.41) is 0. The molecule has 1 aliphatic carbocycles. The highest BCUT2D eigenvalue weighted by molar-refractivity contribution is 5.28. The van der Waals surface area contributed by atoms with Crippen LogP contribution in [0, 0.1) is 6.07 Å². The van der Waals surface area contributed by atoms with Crippen molar-refractivity contribution >= 4 is 0 Å². The third kappa shape index (κ3) is 2.58. The molecule has 0 N–H and O–H groups in total. The van der Waals surface area contributed by atoms with E-state index in [1.165, 1.54) is 24.0 Å². The average molecular weight is 189 g/mol. The first-order valence-electron chi connectivity index (χ1n) is 5.48. The van der Waals surface area contributed by atoms with Gasteiger partial charge in [0.15, 0.2) is 0 Å². The van der Waals surface area contributed by atoms with Gasteiger partial charge in [0, 0.05) is 6.61 Å². The van der Waals surface area contributed by atoms with Crippen LogP contribution in [0.4, 0.5) is 0 Å². The molecule has 0 aliphatic heterocycles. The lowest BCUT2D eigenvalue weighted by atomic mass is 10.1. The summed E-state index contributed by atoms with van der Waals surface area (Å²) in [7, 11) is 0. The van der Waals surface area contributed by atoms with E-state index in [0.29, 0.717) is 0 Å². The Morgan fingerprint density at radius 3 is 3.07 bits per heavy atom. The first-order valence-corrected chi connectivity index (χ1v) is 5.48. The minimum atomic E-state index is 0.808. The van der Waals surface area contributed by atoms with Gasteiger partial charge in [-0.3, -0.25) is 0 Å². The molecule has 1 nitrogen and oxygen atoms in total. The number of hydrogen-bond acceptors (Lipinski definition) is 1. The summed E-state index contributed by atoms with van der Waals surface area (Å²) < 4.78 is 5.33. The quantitative estimate of drug-likeness (QED) is 0.647. The molecule has 0 heterocycles. The van der Waals surface area contributed by atoms with Crippen molar-refractivity contribution in [2.45, 2.75) is 32.1 Å². The normalized spacial score (nSPS) is 15.8. The maximum Gasteiger partial charge on any atom is 0.0506 e. The van der Waals surface area contributed by atoms with E-state index in [9.17, 15) is 0 Å². The minimum absolute atomic E-state index is 0.808. The number of hydrogen-bond donors (Lipinski definition) is 0. The molecule has 1 heteroatoms. The van der Waals surface area contributed by atoms with Gasteiger partial charge >= 0.3 is 0 Å². The Hall–Kier alpha value is -0.820. The summed E-state index contributed by atoms with van der Waals surface area (Å²) in [5.74, 6) is 0.843. The molecule has 14 heavy (non-hydrogen) atoms. The molecule has 2 rings (SSSR count). The van der Waals surface area contributed by atoms with Crippen LogP contribution in [0.25, 0.3) is 0 Å². The molecule has 0 bridgehead atoms. The molecule has 1 aromatic rings. The fourth-order valence-electron chi connectivity index (χ4n) is 1.68. The van der Waals surface area contributed by atoms with Crippen LogP contribution in [0.3, 0.4) is 0 Å². The zero-order valence-electron chi connectivity index (χ0n) is 8.75. The first-order chi connectivity index (χ1) is 6.90. The Labute approximate surface area is 86.1 Å². The molecular formula is C13H17O. The molecule has 1 fully saturated rings. The molecule has 1 saturated carbocycles. The topological polar surface area (TPSA) is 9.23 Å². The van der Waals surface area contributed by atoms with Crippen LogP contribution in [0.5, 0.6) is 0 Å². The summed E-state index contributed by atoms with van der Waals surface area (Å²) in [6, 6.07) is 9.81. The molecule has 0 amide bonds. The fraction of sp³-hybridized carbons (Fsp3) is 0.538. The Bertz CT molecular complexity index is 289. The van der Waals surface area contributed by atoms with Crippen molar-refractivity contribution in [3.8, 4) is 0 Å². The number of ether oxygens (including phenoxy) is 1. The van der Waals surface area contributed by atoms with Crippen molar-refractivity contribution in [1.29, 1.82) is 0 Å². The zero-order valence-corrected chi connectivity index (χ0v) is 8.75. The van der Waals surface area contributed by atoms with Gasteiger partial charge in [-0.1, -0.05) is 18.2 Å². The van der Waals surface area contributed by atoms with Gasteiger partial charge in [-0.05, 0) is 49.3 Å². The number of rotatable bonds is 5. The highest BCUT2D eigenvalue weighted by Crippen LogP contribution is 2.40. The highest BCUT2D eigenvalue weighted by atomic mass is 16.5. The molecule has 75 valence electrons. The number of benzene rings is 1. The van der Waals surface area contributed by atoms with Crippen molar-refractivity contribution in [2.24, 2.45) is 0 Å². The van der Waals surface area contributed by atoms with E-state index in [1.54, 1.807) is 0 Å². The molecule has 0 unspecified atom stereocenters. The van der Waals surface area contributed by atoms with Gasteiger partial charge in [-0.25, -0.2) is 0 Å². The molecule has 1 aliphatic rings. The van der Waals surface area contributed by atoms with Crippen molar-refractivity contribution < 1.29 is 4.74 Å². The molecule has 0 aromatic heterocycles. The van der Waals surface area contributed by atoms with Crippen molar-refractivity contribution in [2.75, 3.05) is 13.2 Å². The van der Waals surface area contributed by atoms with E-state index < -0.39 is 0 Å². The van der Waals surface area contributed by atoms with Crippen LogP contribution < -0.4 is 0 Å². The lowest BCUT2D eigenvalue weighted by molar-refractivity contribution is 0.151. The van der Waals surface area contributed by atoms with Gasteiger partial charge in [0.25, 0.3) is 0 Å². The van der Waals surface area contributed by atoms with Crippen LogP contribution in [0.15, 0.2) is 18.2 Å². The molecule has 0 atom stereocenters. The zero-order chi connectivity index (χ0) is 9.80. The summed E-state index contributed by atoms with van der Waals surface area (Å²) in [5.41, 5.74) is 2.79. The van der Waals surface area contributed by atoms with Crippen molar-refractivity contribution in [1.82, 2.24) is 0 Å². The summed E-state index contributed by atoms with van der Waals surface area (Å²) >= 11 is 0. The van der Waals surface area contributed by atoms with Crippen LogP contribution in [0.1, 0.15) is 36.8 Å². The van der Waals surface area contributed by atoms with E-state index in [4.69, 9.17) is 4.74 Å². The lowest BCUT2D eigenvalue weighted by Crippen LogP contribution is -1.98. The van der Waals surface area contributed by atoms with Gasteiger partial charge in [-0.15, -0.1) is 0 Å². The average Bonchev–Trinajstić information content (AvgIpc) is 3.02. The predicted molar refractivity (Wildman–Crippen MR) is 57.5 cm³/mol. The van der Waals surface area contributed by atoms with E-state index in [0.717, 1.165) is 25.6 Å². The Balaban J connectivity index is 1.92. The molecule has 1 radical (unpaired) electrons. The maximum atomic E-state index is 5.33. The second-order valence-electron chi connectivity index (χ2n) is 3.87. The van der Waals surface area contributed by atoms with Gasteiger partial charge in [0.05, 0.1) is 6.61 Å². The Morgan fingerprint density at radius 2 is 2.36 bits per heavy atom. The van der Waals surface area contributed by atoms with Crippen LogP contribution in [-0.4, -0.2) is 13.2 Å². The third-order valence-electron chi connectivity index (χ3n) is 2.65. The minimum Gasteiger partial charge on any atom is -0.381 e. The first kappa shape index (κ1) is 9.72. The molecular weight excluding hydrogens is 172 g/mol. The van der Waals surface area contributed by atoms with Crippen LogP contribution in [0.2, 0.25) is 0 Å². The second kappa shape index (κ2) is 4.61. The molecule has 0 spiro atoms. The van der Waals surface area contributed by atoms with E-state index >= 15 is 0 Å². The summed E-state index contributed by atoms with van der Waals surface area (Å²) in [6.45, 7) is 3.66. The summed E-state index contributed by atoms with van der Waals surface area (Å²) in [4.78, 5) is 0. The van der Waals surface area contributed by atoms with Gasteiger partial charge in [-0.2, -0.15) is 0 Å². The Morgan fingerprint density at radius 1 is 1.50 bits per heavy atom. The van der Waals surface area contributed by atoms with Gasteiger partial charge in [0.2, 0.25) is 0 Å². The molecule has 1 aromatic carbocycles. The fourth-order valence-corrected chi connectivity index (χ4v) is 1.68. The SMILES string of the molecule is CCOCCc1[c]ccc(C2CC2)c1. The van der Waals surface area contributed by atoms with E-state index in [-0.39, 0.29) is 0 Å².